The minimum absolute atomic E-state index is 0.224. The zero-order valence-electron chi connectivity index (χ0n) is 7.80. The largest absolute Gasteiger partial charge is 0.511 e. The molecule has 0 unspecified atom stereocenters. The molecule has 1 aromatic heterocycles. The lowest BCUT2D eigenvalue weighted by Gasteiger charge is -2.15. The van der Waals surface area contributed by atoms with E-state index in [4.69, 9.17) is 5.73 Å². The number of pyridine rings is 1. The van der Waals surface area contributed by atoms with Gasteiger partial charge in [-0.05, 0) is 0 Å². The number of aromatic nitrogens is 1. The summed E-state index contributed by atoms with van der Waals surface area (Å²) in [6.07, 6.45) is 0.613. The molecule has 0 atom stereocenters. The predicted molar refractivity (Wildman–Crippen MR) is 50.8 cm³/mol. The van der Waals surface area contributed by atoms with Gasteiger partial charge in [-0.3, -0.25) is 4.79 Å². The molecule has 0 aliphatic carbocycles. The Morgan fingerprint density at radius 1 is 1.53 bits per heavy atom. The fraction of sp³-hybridized carbons (Fsp3) is 0.143. The van der Waals surface area contributed by atoms with E-state index in [9.17, 15) is 17.7 Å². The maximum Gasteiger partial charge on any atom is 0.511 e. The predicted octanol–water partition coefficient (Wildman–Crippen LogP) is 0.0778. The fourth-order valence-corrected chi connectivity index (χ4v) is 0.987. The van der Waals surface area contributed by atoms with Crippen molar-refractivity contribution in [2.45, 2.75) is 0 Å². The Balaban J connectivity index is 3.23. The van der Waals surface area contributed by atoms with Crippen molar-refractivity contribution in [3.63, 3.8) is 0 Å². The van der Waals surface area contributed by atoms with E-state index in [0.29, 0.717) is 12.3 Å². The van der Waals surface area contributed by atoms with Crippen molar-refractivity contribution >= 4 is 24.2 Å². The summed E-state index contributed by atoms with van der Waals surface area (Å²) in [5.41, 5.74) is 4.07. The summed E-state index contributed by atoms with van der Waals surface area (Å²) in [7, 11) is 1.30. The van der Waals surface area contributed by atoms with Crippen LogP contribution in [0.25, 0.3) is 0 Å². The molecule has 4 nitrogen and oxygen atoms in total. The quantitative estimate of drug-likeness (QED) is 0.690. The number of amides is 1. The van der Waals surface area contributed by atoms with Gasteiger partial charge in [0.25, 0.3) is 5.91 Å². The van der Waals surface area contributed by atoms with Crippen molar-refractivity contribution in [1.82, 2.24) is 10.3 Å². The summed E-state index contributed by atoms with van der Waals surface area (Å²) < 4.78 is 37.0. The molecule has 0 aromatic carbocycles. The Bertz CT molecular complexity index is 394. The van der Waals surface area contributed by atoms with E-state index in [0.717, 1.165) is 0 Å². The number of carbonyl (C=O) groups is 1. The number of carbonyl (C=O) groups excluding carboxylic acids is 1. The number of hydrogen-bond acceptors (Lipinski definition) is 3. The molecule has 8 heteroatoms. The van der Waals surface area contributed by atoms with Crippen LogP contribution in [0.5, 0.6) is 0 Å². The maximum atomic E-state index is 12.3. The standard InChI is InChI=1S/C7H8BF3N3O/c1-13-7(15)5-2-4(8(9,10)11)3-14-6(5)12/h2-3H,1H3,(H2,12,14)(H,13,15)/q-1. The number of nitrogens with zero attached hydrogens (tertiary/aromatic N) is 1. The second-order valence-electron chi connectivity index (χ2n) is 2.86. The number of nitrogens with two attached hydrogens (primary N) is 1. The van der Waals surface area contributed by atoms with Crippen LogP contribution in [0.4, 0.5) is 18.8 Å². The van der Waals surface area contributed by atoms with Crippen LogP contribution in [-0.2, 0) is 0 Å². The molecular formula is C7H8BF3N3O-. The number of anilines is 1. The molecule has 0 aliphatic heterocycles. The summed E-state index contributed by atoms with van der Waals surface area (Å²) in [6.45, 7) is -5.17. The van der Waals surface area contributed by atoms with E-state index < -0.39 is 18.3 Å². The van der Waals surface area contributed by atoms with Crippen molar-refractivity contribution in [3.05, 3.63) is 17.8 Å². The van der Waals surface area contributed by atoms with Gasteiger partial charge in [-0.25, -0.2) is 4.98 Å². The molecule has 0 fully saturated rings. The molecular weight excluding hydrogens is 210 g/mol. The van der Waals surface area contributed by atoms with Crippen molar-refractivity contribution in [3.8, 4) is 0 Å². The molecule has 1 heterocycles. The third kappa shape index (κ3) is 2.39. The highest BCUT2D eigenvalue weighted by molar-refractivity contribution is 6.73. The van der Waals surface area contributed by atoms with Crippen molar-refractivity contribution < 1.29 is 17.7 Å². The van der Waals surface area contributed by atoms with Crippen molar-refractivity contribution in [1.29, 1.82) is 0 Å². The number of hydrogen-bond donors (Lipinski definition) is 2. The van der Waals surface area contributed by atoms with Crippen LogP contribution in [0.1, 0.15) is 10.4 Å². The van der Waals surface area contributed by atoms with E-state index in [2.05, 4.69) is 10.3 Å². The Morgan fingerprint density at radius 3 is 2.60 bits per heavy atom. The minimum Gasteiger partial charge on any atom is -0.445 e. The Kier molecular flexibility index (Phi) is 2.87. The smallest absolute Gasteiger partial charge is 0.445 e. The minimum atomic E-state index is -5.17. The molecule has 0 spiro atoms. The summed E-state index contributed by atoms with van der Waals surface area (Å²) in [5.74, 6) is -0.917. The van der Waals surface area contributed by atoms with Crippen LogP contribution in [0.2, 0.25) is 0 Å². The monoisotopic (exact) mass is 218 g/mol. The maximum absolute atomic E-state index is 12.3. The van der Waals surface area contributed by atoms with Gasteiger partial charge in [0.1, 0.15) is 5.82 Å². The average molecular weight is 218 g/mol. The third-order valence-corrected chi connectivity index (χ3v) is 1.79. The van der Waals surface area contributed by atoms with Gasteiger partial charge in [-0.2, -0.15) is 0 Å². The van der Waals surface area contributed by atoms with Gasteiger partial charge in [-0.1, -0.05) is 11.5 Å². The molecule has 1 amide bonds. The SMILES string of the molecule is CNC(=O)c1cc([B-](F)(F)F)cnc1N. The second-order valence-corrected chi connectivity index (χ2v) is 2.86. The molecule has 1 aromatic rings. The topological polar surface area (TPSA) is 68.0 Å². The first-order valence-corrected chi connectivity index (χ1v) is 4.03. The molecule has 0 radical (unpaired) electrons. The second kappa shape index (κ2) is 3.80. The Hall–Kier alpha value is -1.73. The summed E-state index contributed by atoms with van der Waals surface area (Å²) in [5, 5.41) is 2.18. The van der Waals surface area contributed by atoms with Crippen LogP contribution in [0.3, 0.4) is 0 Å². The normalized spacial score (nSPS) is 11.2. The lowest BCUT2D eigenvalue weighted by atomic mass is 9.81. The Labute approximate surface area is 83.7 Å². The highest BCUT2D eigenvalue weighted by Gasteiger charge is 2.27. The van der Waals surface area contributed by atoms with Crippen LogP contribution >= 0.6 is 0 Å². The molecule has 3 N–H and O–H groups in total. The molecule has 1 rings (SSSR count). The lowest BCUT2D eigenvalue weighted by molar-refractivity contribution is 0.0964. The Morgan fingerprint density at radius 2 is 2.13 bits per heavy atom. The van der Waals surface area contributed by atoms with Crippen LogP contribution in [0.15, 0.2) is 12.3 Å². The van der Waals surface area contributed by atoms with Gasteiger partial charge in [0.05, 0.1) is 5.56 Å². The average Bonchev–Trinajstić information content (AvgIpc) is 2.15. The zero-order chi connectivity index (χ0) is 11.6. The highest BCUT2D eigenvalue weighted by atomic mass is 19.4. The van der Waals surface area contributed by atoms with Gasteiger partial charge < -0.3 is 24.0 Å². The first-order chi connectivity index (χ1) is 6.86. The number of nitrogen functional groups attached to an aromatic ring is 1. The molecule has 0 saturated heterocycles. The van der Waals surface area contributed by atoms with Gasteiger partial charge in [0.2, 0.25) is 0 Å². The third-order valence-electron chi connectivity index (χ3n) is 1.79. The number of rotatable bonds is 2. The van der Waals surface area contributed by atoms with Crippen LogP contribution < -0.4 is 16.5 Å². The van der Waals surface area contributed by atoms with Gasteiger partial charge in [-0.15, -0.1) is 0 Å². The van der Waals surface area contributed by atoms with Crippen molar-refractivity contribution in [2.24, 2.45) is 0 Å². The van der Waals surface area contributed by atoms with Gasteiger partial charge >= 0.3 is 6.98 Å². The van der Waals surface area contributed by atoms with Crippen molar-refractivity contribution in [2.75, 3.05) is 12.8 Å². The molecule has 0 bridgehead atoms. The first kappa shape index (κ1) is 11.4. The molecule has 15 heavy (non-hydrogen) atoms. The fourth-order valence-electron chi connectivity index (χ4n) is 0.987. The van der Waals surface area contributed by atoms with E-state index in [1.54, 1.807) is 0 Å². The van der Waals surface area contributed by atoms with Gasteiger partial charge in [0, 0.05) is 13.2 Å². The van der Waals surface area contributed by atoms with Gasteiger partial charge in [0.15, 0.2) is 0 Å². The number of halogens is 3. The molecule has 0 saturated carbocycles. The van der Waals surface area contributed by atoms with Crippen LogP contribution in [0, 0.1) is 0 Å². The summed E-state index contributed by atoms with van der Waals surface area (Å²) in [6, 6.07) is 0.696. The first-order valence-electron chi connectivity index (χ1n) is 4.03. The zero-order valence-corrected chi connectivity index (χ0v) is 7.80. The van der Waals surface area contributed by atoms with Crippen LogP contribution in [-0.4, -0.2) is 24.9 Å². The molecule has 0 aliphatic rings. The van der Waals surface area contributed by atoms with E-state index >= 15 is 0 Å². The highest BCUT2D eigenvalue weighted by Crippen LogP contribution is 2.12. The summed E-state index contributed by atoms with van der Waals surface area (Å²) >= 11 is 0. The summed E-state index contributed by atoms with van der Waals surface area (Å²) in [4.78, 5) is 14.4. The lowest BCUT2D eigenvalue weighted by Crippen LogP contribution is -2.36. The van der Waals surface area contributed by atoms with E-state index in [-0.39, 0.29) is 11.4 Å². The molecule has 82 valence electrons. The number of nitrogens with one attached hydrogen (secondary N) is 1. The van der Waals surface area contributed by atoms with E-state index in [1.165, 1.54) is 7.05 Å². The van der Waals surface area contributed by atoms with E-state index in [1.807, 2.05) is 0 Å².